The van der Waals surface area contributed by atoms with Gasteiger partial charge in [-0.1, -0.05) is 23.2 Å². The van der Waals surface area contributed by atoms with Crippen molar-refractivity contribution in [3.63, 3.8) is 0 Å². The van der Waals surface area contributed by atoms with Crippen molar-refractivity contribution in [1.82, 2.24) is 14.8 Å². The first-order valence-electron chi connectivity index (χ1n) is 7.50. The zero-order valence-corrected chi connectivity index (χ0v) is 15.5. The molecule has 1 aromatic carbocycles. The van der Waals surface area contributed by atoms with Crippen molar-refractivity contribution < 1.29 is 22.6 Å². The maximum atomic E-state index is 12.8. The van der Waals surface area contributed by atoms with Crippen molar-refractivity contribution in [3.8, 4) is 29.5 Å². The van der Waals surface area contributed by atoms with Crippen LogP contribution in [0.1, 0.15) is 11.3 Å². The van der Waals surface area contributed by atoms with E-state index in [-0.39, 0.29) is 28.2 Å². The summed E-state index contributed by atoms with van der Waals surface area (Å²) < 4.78 is 50.1. The van der Waals surface area contributed by atoms with Crippen molar-refractivity contribution in [3.05, 3.63) is 57.7 Å². The lowest BCUT2D eigenvalue weighted by Crippen LogP contribution is -2.06. The summed E-state index contributed by atoms with van der Waals surface area (Å²) in [5.41, 5.74) is -0.994. The van der Waals surface area contributed by atoms with E-state index >= 15 is 0 Å². The number of aromatic nitrogens is 3. The highest BCUT2D eigenvalue weighted by molar-refractivity contribution is 6.42. The van der Waals surface area contributed by atoms with Gasteiger partial charge in [0.05, 0.1) is 21.7 Å². The number of alkyl halides is 3. The largest absolute Gasteiger partial charge is 0.439 e. The van der Waals surface area contributed by atoms with Crippen LogP contribution >= 0.6 is 23.2 Å². The van der Waals surface area contributed by atoms with Gasteiger partial charge in [-0.25, -0.2) is 4.68 Å². The summed E-state index contributed by atoms with van der Waals surface area (Å²) in [6.45, 7) is 0. The Bertz CT molecular complexity index is 1080. The second kappa shape index (κ2) is 7.58. The highest BCUT2D eigenvalue weighted by atomic mass is 35.5. The van der Waals surface area contributed by atoms with E-state index in [0.29, 0.717) is 10.8 Å². The highest BCUT2D eigenvalue weighted by Gasteiger charge is 2.35. The molecule has 0 spiro atoms. The van der Waals surface area contributed by atoms with Gasteiger partial charge in [0.25, 0.3) is 0 Å². The quantitative estimate of drug-likeness (QED) is 0.540. The molecule has 3 rings (SSSR count). The van der Waals surface area contributed by atoms with Crippen LogP contribution in [0.15, 0.2) is 36.4 Å². The minimum atomic E-state index is -4.62. The number of rotatable bonds is 4. The number of nitrogens with zero attached hydrogens (tertiary/aromatic N) is 4. The van der Waals surface area contributed by atoms with Crippen molar-refractivity contribution in [1.29, 1.82) is 5.26 Å². The Hall–Kier alpha value is -2.96. The smallest absolute Gasteiger partial charge is 0.435 e. The molecule has 2 aromatic heterocycles. The molecule has 0 aliphatic carbocycles. The first-order valence-corrected chi connectivity index (χ1v) is 8.25. The van der Waals surface area contributed by atoms with Gasteiger partial charge in [-0.15, -0.1) is 0 Å². The molecule has 0 aliphatic rings. The molecule has 0 radical (unpaired) electrons. The summed E-state index contributed by atoms with van der Waals surface area (Å²) in [5, 5.41) is 13.1. The van der Waals surface area contributed by atoms with Crippen LogP contribution in [-0.2, 0) is 13.2 Å². The molecule has 11 heteroatoms. The Morgan fingerprint density at radius 1 is 1.04 bits per heavy atom. The van der Waals surface area contributed by atoms with Gasteiger partial charge < -0.3 is 9.47 Å². The third kappa shape index (κ3) is 4.47. The second-order valence-electron chi connectivity index (χ2n) is 5.41. The van der Waals surface area contributed by atoms with E-state index in [1.54, 1.807) is 0 Å². The molecule has 28 heavy (non-hydrogen) atoms. The van der Waals surface area contributed by atoms with Crippen LogP contribution in [0.3, 0.4) is 0 Å². The number of nitriles is 1. The van der Waals surface area contributed by atoms with Gasteiger partial charge in [-0.3, -0.25) is 0 Å². The average molecular weight is 429 g/mol. The third-order valence-electron chi connectivity index (χ3n) is 3.36. The van der Waals surface area contributed by atoms with Gasteiger partial charge >= 0.3 is 6.18 Å². The Balaban J connectivity index is 1.90. The molecular weight excluding hydrogens is 420 g/mol. The Kier molecular flexibility index (Phi) is 5.36. The second-order valence-corrected chi connectivity index (χ2v) is 6.23. The van der Waals surface area contributed by atoms with Gasteiger partial charge in [-0.2, -0.15) is 28.5 Å². The van der Waals surface area contributed by atoms with Crippen molar-refractivity contribution >= 4 is 23.2 Å². The molecule has 0 amide bonds. The fourth-order valence-electron chi connectivity index (χ4n) is 2.10. The van der Waals surface area contributed by atoms with E-state index in [1.807, 2.05) is 6.07 Å². The molecule has 0 fully saturated rings. The standard InChI is InChI=1S/C17H9Cl2F3N4O2/c1-26-16(7-13(25-26)17(20,21)22)28-15-5-9(8-23)4-14(24-15)27-10-2-3-11(18)12(19)6-10/h2-7H,1H3. The number of halogens is 5. The molecule has 0 saturated carbocycles. The minimum absolute atomic E-state index is 0.0225. The zero-order valence-electron chi connectivity index (χ0n) is 14.0. The van der Waals surface area contributed by atoms with Crippen LogP contribution in [0.2, 0.25) is 10.0 Å². The molecule has 0 bridgehead atoms. The zero-order chi connectivity index (χ0) is 20.5. The van der Waals surface area contributed by atoms with Crippen LogP contribution < -0.4 is 9.47 Å². The molecule has 3 aromatic rings. The van der Waals surface area contributed by atoms with E-state index < -0.39 is 11.9 Å². The minimum Gasteiger partial charge on any atom is -0.439 e. The molecule has 0 N–H and O–H groups in total. The van der Waals surface area contributed by atoms with E-state index in [0.717, 1.165) is 10.7 Å². The predicted molar refractivity (Wildman–Crippen MR) is 93.8 cm³/mol. The number of hydrogen-bond acceptors (Lipinski definition) is 5. The van der Waals surface area contributed by atoms with Crippen LogP contribution in [0.5, 0.6) is 23.4 Å². The summed E-state index contributed by atoms with van der Waals surface area (Å²) in [6, 6.07) is 9.69. The number of hydrogen-bond donors (Lipinski definition) is 0. The highest BCUT2D eigenvalue weighted by Crippen LogP contribution is 2.33. The van der Waals surface area contributed by atoms with Crippen LogP contribution in [0.25, 0.3) is 0 Å². The predicted octanol–water partition coefficient (Wildman–Crippen LogP) is 5.60. The molecular formula is C17H9Cl2F3N4O2. The Labute approximate surface area is 166 Å². The third-order valence-corrected chi connectivity index (χ3v) is 4.10. The summed E-state index contributed by atoms with van der Waals surface area (Å²) in [6.07, 6.45) is -4.62. The van der Waals surface area contributed by atoms with Gasteiger partial charge in [0.1, 0.15) is 5.75 Å². The van der Waals surface area contributed by atoms with E-state index in [9.17, 15) is 18.4 Å². The first-order chi connectivity index (χ1) is 13.2. The average Bonchev–Trinajstić information content (AvgIpc) is 2.99. The summed E-state index contributed by atoms with van der Waals surface area (Å²) in [5.74, 6) is -0.0882. The van der Waals surface area contributed by atoms with Crippen molar-refractivity contribution in [2.24, 2.45) is 7.05 Å². The lowest BCUT2D eigenvalue weighted by atomic mass is 10.3. The maximum absolute atomic E-state index is 12.8. The lowest BCUT2D eigenvalue weighted by molar-refractivity contribution is -0.141. The number of benzene rings is 1. The van der Waals surface area contributed by atoms with E-state index in [4.69, 9.17) is 32.7 Å². The molecule has 0 saturated heterocycles. The summed E-state index contributed by atoms with van der Waals surface area (Å²) in [4.78, 5) is 4.04. The van der Waals surface area contributed by atoms with Crippen LogP contribution in [0, 0.1) is 11.3 Å². The fraction of sp³-hybridized carbons (Fsp3) is 0.118. The lowest BCUT2D eigenvalue weighted by Gasteiger charge is -2.09. The van der Waals surface area contributed by atoms with Crippen molar-refractivity contribution in [2.75, 3.05) is 0 Å². The Morgan fingerprint density at radius 3 is 2.29 bits per heavy atom. The number of pyridine rings is 1. The molecule has 0 aliphatic heterocycles. The molecule has 0 unspecified atom stereocenters. The van der Waals surface area contributed by atoms with Gasteiger partial charge in [-0.05, 0) is 12.1 Å². The molecule has 6 nitrogen and oxygen atoms in total. The van der Waals surface area contributed by atoms with Gasteiger partial charge in [0.2, 0.25) is 17.6 Å². The summed E-state index contributed by atoms with van der Waals surface area (Å²) >= 11 is 11.8. The first kappa shape index (κ1) is 19.8. The fourth-order valence-corrected chi connectivity index (χ4v) is 2.39. The monoisotopic (exact) mass is 428 g/mol. The van der Waals surface area contributed by atoms with Gasteiger partial charge in [0, 0.05) is 31.3 Å². The maximum Gasteiger partial charge on any atom is 0.435 e. The Morgan fingerprint density at radius 2 is 1.71 bits per heavy atom. The summed E-state index contributed by atoms with van der Waals surface area (Å²) in [7, 11) is 1.28. The molecule has 0 atom stereocenters. The molecule has 144 valence electrons. The van der Waals surface area contributed by atoms with Crippen LogP contribution in [-0.4, -0.2) is 14.8 Å². The van der Waals surface area contributed by atoms with E-state index in [2.05, 4.69) is 10.1 Å². The number of ether oxygens (including phenoxy) is 2. The SMILES string of the molecule is Cn1nc(C(F)(F)F)cc1Oc1cc(C#N)cc(Oc2ccc(Cl)c(Cl)c2)n1. The van der Waals surface area contributed by atoms with E-state index in [1.165, 1.54) is 37.4 Å². The number of aryl methyl sites for hydroxylation is 1. The topological polar surface area (TPSA) is 73.0 Å². The van der Waals surface area contributed by atoms with Crippen LogP contribution in [0.4, 0.5) is 13.2 Å². The normalized spacial score (nSPS) is 11.2. The van der Waals surface area contributed by atoms with Gasteiger partial charge in [0.15, 0.2) is 5.69 Å². The van der Waals surface area contributed by atoms with Crippen molar-refractivity contribution in [2.45, 2.75) is 6.18 Å². The molecule has 2 heterocycles.